The van der Waals surface area contributed by atoms with Crippen LogP contribution in [0.2, 0.25) is 0 Å². The molecule has 1 saturated heterocycles. The third-order valence-corrected chi connectivity index (χ3v) is 4.35. The summed E-state index contributed by atoms with van der Waals surface area (Å²) in [5, 5.41) is 22.2. The molecule has 0 aliphatic carbocycles. The van der Waals surface area contributed by atoms with E-state index in [1.807, 2.05) is 6.92 Å². The summed E-state index contributed by atoms with van der Waals surface area (Å²) in [6.45, 7) is 5.38. The molecule has 27 heavy (non-hydrogen) atoms. The summed E-state index contributed by atoms with van der Waals surface area (Å²) in [5.41, 5.74) is -0.689. The van der Waals surface area contributed by atoms with Gasteiger partial charge < -0.3 is 19.7 Å². The third kappa shape index (κ3) is 4.86. The lowest BCUT2D eigenvalue weighted by Crippen LogP contribution is -2.36. The van der Waals surface area contributed by atoms with Gasteiger partial charge in [-0.2, -0.15) is 4.98 Å². The van der Waals surface area contributed by atoms with Gasteiger partial charge in [0.25, 0.3) is 0 Å². The Bertz CT molecular complexity index is 771. The van der Waals surface area contributed by atoms with Crippen LogP contribution < -0.4 is 11.0 Å². The van der Waals surface area contributed by atoms with Crippen molar-refractivity contribution in [3.8, 4) is 12.3 Å². The van der Waals surface area contributed by atoms with E-state index in [4.69, 9.17) is 15.9 Å². The van der Waals surface area contributed by atoms with Crippen LogP contribution in [0.3, 0.4) is 0 Å². The molecule has 0 bridgehead atoms. The standard InChI is InChI=1S/C18H25N3O6/c1-5-7-8-10(3)26-18(25)20-15-12(6-2)9-21(17(24)19-15)16-14(23)13(22)11(4)27-16/h2,9-11,13-14,16,22-23H,5,7-8H2,1,3-4H3,(H,19,20,24,25)/t10?,11-,13?,14?,16-/m1/s1. The van der Waals surface area contributed by atoms with Crippen molar-refractivity contribution in [3.05, 3.63) is 22.2 Å². The number of nitrogens with zero attached hydrogens (tertiary/aromatic N) is 2. The monoisotopic (exact) mass is 379 g/mol. The van der Waals surface area contributed by atoms with Gasteiger partial charge in [-0.3, -0.25) is 9.88 Å². The van der Waals surface area contributed by atoms with Gasteiger partial charge in [-0.05, 0) is 20.3 Å². The number of hydrogen-bond donors (Lipinski definition) is 3. The van der Waals surface area contributed by atoms with Gasteiger partial charge in [0.1, 0.15) is 18.3 Å². The fourth-order valence-electron chi connectivity index (χ4n) is 2.77. The number of unbranched alkanes of at least 4 members (excludes halogenated alkanes) is 1. The molecule has 0 radical (unpaired) electrons. The van der Waals surface area contributed by atoms with Crippen LogP contribution >= 0.6 is 0 Å². The van der Waals surface area contributed by atoms with Gasteiger partial charge in [0.05, 0.1) is 11.7 Å². The van der Waals surface area contributed by atoms with Gasteiger partial charge in [0.15, 0.2) is 12.0 Å². The second-order valence-electron chi connectivity index (χ2n) is 6.53. The minimum absolute atomic E-state index is 0.109. The van der Waals surface area contributed by atoms with E-state index in [9.17, 15) is 19.8 Å². The second-order valence-corrected chi connectivity index (χ2v) is 6.53. The number of carbonyl (C=O) groups is 1. The normalized spacial score (nSPS) is 25.6. The van der Waals surface area contributed by atoms with Gasteiger partial charge in [0, 0.05) is 6.20 Å². The van der Waals surface area contributed by atoms with E-state index in [0.29, 0.717) is 0 Å². The van der Waals surface area contributed by atoms with Crippen LogP contribution in [0.1, 0.15) is 51.8 Å². The molecule has 2 rings (SSSR count). The van der Waals surface area contributed by atoms with Crippen LogP contribution in [0.15, 0.2) is 11.0 Å². The van der Waals surface area contributed by atoms with Gasteiger partial charge >= 0.3 is 11.8 Å². The molecule has 2 heterocycles. The molecule has 1 amide bonds. The Labute approximate surface area is 157 Å². The van der Waals surface area contributed by atoms with Crippen molar-refractivity contribution in [2.24, 2.45) is 0 Å². The highest BCUT2D eigenvalue weighted by molar-refractivity contribution is 5.85. The molecule has 1 aliphatic rings. The Kier molecular flexibility index (Phi) is 6.96. The highest BCUT2D eigenvalue weighted by atomic mass is 16.6. The van der Waals surface area contributed by atoms with Crippen molar-refractivity contribution >= 4 is 11.9 Å². The maximum atomic E-state index is 12.3. The number of ether oxygens (including phenoxy) is 2. The summed E-state index contributed by atoms with van der Waals surface area (Å²) in [4.78, 5) is 28.1. The molecule has 1 aromatic heterocycles. The topological polar surface area (TPSA) is 123 Å². The van der Waals surface area contributed by atoms with E-state index in [1.165, 1.54) is 6.20 Å². The largest absolute Gasteiger partial charge is 0.446 e. The van der Waals surface area contributed by atoms with Crippen molar-refractivity contribution in [3.63, 3.8) is 0 Å². The average Bonchev–Trinajstić information content (AvgIpc) is 2.87. The molecule has 1 aliphatic heterocycles. The van der Waals surface area contributed by atoms with Crippen molar-refractivity contribution in [2.75, 3.05) is 5.32 Å². The molecule has 1 aromatic rings. The maximum Gasteiger partial charge on any atom is 0.413 e. The summed E-state index contributed by atoms with van der Waals surface area (Å²) in [6.07, 6.45) is 4.02. The van der Waals surface area contributed by atoms with E-state index in [2.05, 4.69) is 16.2 Å². The first-order valence-electron chi connectivity index (χ1n) is 8.87. The van der Waals surface area contributed by atoms with Gasteiger partial charge in [-0.15, -0.1) is 6.42 Å². The van der Waals surface area contributed by atoms with E-state index in [0.717, 1.165) is 23.8 Å². The number of carbonyl (C=O) groups excluding carboxylic acids is 1. The number of aliphatic hydroxyl groups is 2. The fraction of sp³-hybridized carbons (Fsp3) is 0.611. The molecule has 0 spiro atoms. The number of nitrogens with one attached hydrogen (secondary N) is 1. The maximum absolute atomic E-state index is 12.3. The van der Waals surface area contributed by atoms with Gasteiger partial charge in [-0.1, -0.05) is 25.7 Å². The van der Waals surface area contributed by atoms with Crippen molar-refractivity contribution in [2.45, 2.75) is 70.7 Å². The first kappa shape index (κ1) is 20.9. The van der Waals surface area contributed by atoms with Crippen LogP contribution in [0.5, 0.6) is 0 Å². The molecule has 3 N–H and O–H groups in total. The van der Waals surface area contributed by atoms with E-state index in [-0.39, 0.29) is 17.5 Å². The molecule has 9 nitrogen and oxygen atoms in total. The molecule has 0 saturated carbocycles. The summed E-state index contributed by atoms with van der Waals surface area (Å²) < 4.78 is 11.6. The number of aliphatic hydroxyl groups excluding tert-OH is 2. The third-order valence-electron chi connectivity index (χ3n) is 4.35. The lowest BCUT2D eigenvalue weighted by atomic mass is 10.1. The second kappa shape index (κ2) is 8.99. The highest BCUT2D eigenvalue weighted by Crippen LogP contribution is 2.28. The van der Waals surface area contributed by atoms with Crippen LogP contribution in [0.25, 0.3) is 0 Å². The summed E-state index contributed by atoms with van der Waals surface area (Å²) in [6, 6.07) is 0. The number of hydrogen-bond acceptors (Lipinski definition) is 7. The minimum Gasteiger partial charge on any atom is -0.446 e. The molecule has 3 unspecified atom stereocenters. The average molecular weight is 379 g/mol. The molecule has 148 valence electrons. The first-order chi connectivity index (χ1) is 12.8. The first-order valence-corrected chi connectivity index (χ1v) is 8.87. The number of terminal acetylenes is 1. The summed E-state index contributed by atoms with van der Waals surface area (Å²) in [7, 11) is 0. The number of aromatic nitrogens is 2. The lowest BCUT2D eigenvalue weighted by molar-refractivity contribution is -0.0350. The van der Waals surface area contributed by atoms with E-state index in [1.54, 1.807) is 13.8 Å². The quantitative estimate of drug-likeness (QED) is 0.630. The van der Waals surface area contributed by atoms with Crippen molar-refractivity contribution < 1.29 is 24.5 Å². The Morgan fingerprint density at radius 3 is 2.78 bits per heavy atom. The molecule has 0 aromatic carbocycles. The van der Waals surface area contributed by atoms with E-state index < -0.39 is 36.3 Å². The fourth-order valence-corrected chi connectivity index (χ4v) is 2.77. The Hall–Kier alpha value is -2.41. The lowest BCUT2D eigenvalue weighted by Gasteiger charge is -2.18. The highest BCUT2D eigenvalue weighted by Gasteiger charge is 2.42. The number of amides is 1. The predicted molar refractivity (Wildman–Crippen MR) is 97.1 cm³/mol. The van der Waals surface area contributed by atoms with Crippen LogP contribution in [-0.2, 0) is 9.47 Å². The van der Waals surface area contributed by atoms with Gasteiger partial charge in [-0.25, -0.2) is 9.59 Å². The molecule has 9 heteroatoms. The van der Waals surface area contributed by atoms with Crippen LogP contribution in [0.4, 0.5) is 10.6 Å². The number of anilines is 1. The molecular weight excluding hydrogens is 354 g/mol. The Morgan fingerprint density at radius 2 is 2.22 bits per heavy atom. The Morgan fingerprint density at radius 1 is 1.52 bits per heavy atom. The molecule has 1 fully saturated rings. The number of rotatable bonds is 6. The predicted octanol–water partition coefficient (Wildman–Crippen LogP) is 0.991. The van der Waals surface area contributed by atoms with Crippen molar-refractivity contribution in [1.82, 2.24) is 9.55 Å². The Balaban J connectivity index is 2.18. The summed E-state index contributed by atoms with van der Waals surface area (Å²) >= 11 is 0. The van der Waals surface area contributed by atoms with Crippen LogP contribution in [0, 0.1) is 12.3 Å². The zero-order valence-corrected chi connectivity index (χ0v) is 15.6. The van der Waals surface area contributed by atoms with Crippen LogP contribution in [-0.4, -0.2) is 50.3 Å². The molecule has 5 atom stereocenters. The smallest absolute Gasteiger partial charge is 0.413 e. The summed E-state index contributed by atoms with van der Waals surface area (Å²) in [5.74, 6) is 2.21. The zero-order chi connectivity index (χ0) is 20.1. The van der Waals surface area contributed by atoms with Gasteiger partial charge in [0.2, 0.25) is 0 Å². The van der Waals surface area contributed by atoms with E-state index >= 15 is 0 Å². The SMILES string of the molecule is C#Cc1cn([C@@H]2O[C@H](C)C(O)C2O)c(=O)nc1NC(=O)OC(C)CCCC. The zero-order valence-electron chi connectivity index (χ0n) is 15.6. The van der Waals surface area contributed by atoms with Crippen molar-refractivity contribution in [1.29, 1.82) is 0 Å². The minimum atomic E-state index is -1.31. The molecular formula is C18H25N3O6.